The van der Waals surface area contributed by atoms with Crippen LogP contribution in [0.1, 0.15) is 13.8 Å². The molecule has 0 saturated heterocycles. The van der Waals surface area contributed by atoms with Crippen molar-refractivity contribution in [2.45, 2.75) is 19.4 Å². The highest BCUT2D eigenvalue weighted by Crippen LogP contribution is 2.23. The van der Waals surface area contributed by atoms with Gasteiger partial charge >= 0.3 is 5.97 Å². The normalized spacial score (nSPS) is 11.0. The predicted molar refractivity (Wildman–Crippen MR) is 97.2 cm³/mol. The van der Waals surface area contributed by atoms with Crippen molar-refractivity contribution in [1.82, 2.24) is 0 Å². The largest absolute Gasteiger partial charge is 0.476 e. The molecule has 1 N–H and O–H groups in total. The fraction of sp³-hybridized carbons (Fsp3) is 0.222. The Bertz CT molecular complexity index is 809. The van der Waals surface area contributed by atoms with Gasteiger partial charge in [-0.05, 0) is 56.3 Å². The Morgan fingerprint density at radius 1 is 1.12 bits per heavy atom. The summed E-state index contributed by atoms with van der Waals surface area (Å²) in [6.45, 7) is 2.48. The summed E-state index contributed by atoms with van der Waals surface area (Å²) >= 11 is 11.6. The summed E-state index contributed by atoms with van der Waals surface area (Å²) in [5.41, 5.74) is -1.10. The maximum atomic E-state index is 13.0. The molecular weight excluding hydrogens is 384 g/mol. The van der Waals surface area contributed by atoms with Crippen LogP contribution in [0.15, 0.2) is 42.5 Å². The summed E-state index contributed by atoms with van der Waals surface area (Å²) in [5.74, 6) is -1.44. The summed E-state index contributed by atoms with van der Waals surface area (Å²) in [5, 5.41) is 3.00. The van der Waals surface area contributed by atoms with Crippen molar-refractivity contribution in [3.63, 3.8) is 0 Å². The van der Waals surface area contributed by atoms with Gasteiger partial charge in [-0.3, -0.25) is 4.79 Å². The van der Waals surface area contributed by atoms with E-state index in [4.69, 9.17) is 32.7 Å². The number of carbonyl (C=O) groups excluding carboxylic acids is 2. The molecule has 0 aliphatic heterocycles. The number of hydrogen-bond donors (Lipinski definition) is 1. The van der Waals surface area contributed by atoms with Crippen molar-refractivity contribution in [1.29, 1.82) is 0 Å². The molecule has 0 fully saturated rings. The Hall–Kier alpha value is -2.31. The second kappa shape index (κ2) is 8.38. The number of esters is 1. The second-order valence-corrected chi connectivity index (χ2v) is 6.66. The number of halogens is 3. The van der Waals surface area contributed by atoms with Crippen LogP contribution < -0.4 is 10.1 Å². The van der Waals surface area contributed by atoms with Gasteiger partial charge in [-0.15, -0.1) is 0 Å². The number of benzene rings is 2. The van der Waals surface area contributed by atoms with Crippen molar-refractivity contribution >= 4 is 40.8 Å². The van der Waals surface area contributed by atoms with Gasteiger partial charge in [0.25, 0.3) is 5.91 Å². The van der Waals surface area contributed by atoms with Crippen molar-refractivity contribution in [3.05, 3.63) is 58.3 Å². The molecule has 0 atom stereocenters. The molecule has 0 bridgehead atoms. The number of amides is 1. The molecule has 2 rings (SSSR count). The van der Waals surface area contributed by atoms with Crippen LogP contribution in [0.3, 0.4) is 0 Å². The van der Waals surface area contributed by atoms with E-state index < -0.39 is 29.9 Å². The topological polar surface area (TPSA) is 64.6 Å². The van der Waals surface area contributed by atoms with Crippen LogP contribution in [-0.4, -0.2) is 24.1 Å². The highest BCUT2D eigenvalue weighted by Gasteiger charge is 2.32. The minimum Gasteiger partial charge on any atom is -0.476 e. The van der Waals surface area contributed by atoms with E-state index in [0.717, 1.165) is 12.1 Å². The molecule has 5 nitrogen and oxygen atoms in total. The molecule has 0 heterocycles. The molecule has 0 aromatic heterocycles. The Kier molecular flexibility index (Phi) is 6.45. The molecule has 2 aromatic rings. The molecule has 0 saturated carbocycles. The third-order valence-corrected chi connectivity index (χ3v) is 3.78. The van der Waals surface area contributed by atoms with Crippen LogP contribution in [-0.2, 0) is 14.3 Å². The lowest BCUT2D eigenvalue weighted by Crippen LogP contribution is -2.41. The average molecular weight is 400 g/mol. The van der Waals surface area contributed by atoms with Gasteiger partial charge < -0.3 is 14.8 Å². The Labute approximate surface area is 160 Å². The van der Waals surface area contributed by atoms with E-state index in [1.807, 2.05) is 0 Å². The van der Waals surface area contributed by atoms with Crippen molar-refractivity contribution in [2.24, 2.45) is 0 Å². The molecule has 0 radical (unpaired) electrons. The van der Waals surface area contributed by atoms with Crippen LogP contribution in [0.4, 0.5) is 10.1 Å². The molecule has 8 heteroatoms. The number of rotatable bonds is 6. The van der Waals surface area contributed by atoms with E-state index in [0.29, 0.717) is 10.8 Å². The number of hydrogen-bond acceptors (Lipinski definition) is 4. The minimum atomic E-state index is -1.32. The Morgan fingerprint density at radius 2 is 1.77 bits per heavy atom. The van der Waals surface area contributed by atoms with E-state index in [1.165, 1.54) is 19.9 Å². The lowest BCUT2D eigenvalue weighted by Gasteiger charge is -2.24. The summed E-state index contributed by atoms with van der Waals surface area (Å²) in [6.07, 6.45) is 0. The molecule has 0 aliphatic carbocycles. The van der Waals surface area contributed by atoms with Gasteiger partial charge in [-0.25, -0.2) is 9.18 Å². The summed E-state index contributed by atoms with van der Waals surface area (Å²) in [7, 11) is 0. The van der Waals surface area contributed by atoms with Crippen molar-refractivity contribution in [2.75, 3.05) is 11.9 Å². The summed E-state index contributed by atoms with van der Waals surface area (Å²) in [4.78, 5) is 24.1. The maximum Gasteiger partial charge on any atom is 0.350 e. The van der Waals surface area contributed by atoms with E-state index >= 15 is 0 Å². The monoisotopic (exact) mass is 399 g/mol. The van der Waals surface area contributed by atoms with Crippen LogP contribution in [0.25, 0.3) is 0 Å². The van der Waals surface area contributed by atoms with Crippen LogP contribution in [0.2, 0.25) is 10.0 Å². The van der Waals surface area contributed by atoms with E-state index in [-0.39, 0.29) is 10.7 Å². The first kappa shape index (κ1) is 20.0. The van der Waals surface area contributed by atoms with Crippen molar-refractivity contribution in [3.8, 4) is 5.75 Å². The van der Waals surface area contributed by atoms with E-state index in [2.05, 4.69) is 5.32 Å². The molecular formula is C18H16Cl2FNO4. The number of carbonyl (C=O) groups is 2. The Balaban J connectivity index is 1.89. The molecule has 0 spiro atoms. The zero-order valence-electron chi connectivity index (χ0n) is 14.0. The zero-order chi connectivity index (χ0) is 19.3. The number of anilines is 1. The molecule has 0 aliphatic rings. The quantitative estimate of drug-likeness (QED) is 0.727. The third kappa shape index (κ3) is 5.61. The van der Waals surface area contributed by atoms with Gasteiger partial charge in [0.05, 0.1) is 10.7 Å². The third-order valence-electron chi connectivity index (χ3n) is 3.22. The van der Waals surface area contributed by atoms with E-state index in [1.54, 1.807) is 24.3 Å². The maximum absolute atomic E-state index is 13.0. The second-order valence-electron chi connectivity index (χ2n) is 5.81. The zero-order valence-corrected chi connectivity index (χ0v) is 15.5. The first-order chi connectivity index (χ1) is 12.2. The fourth-order valence-electron chi connectivity index (χ4n) is 1.92. The van der Waals surface area contributed by atoms with Crippen LogP contribution in [0.5, 0.6) is 5.75 Å². The molecule has 138 valence electrons. The highest BCUT2D eigenvalue weighted by molar-refractivity contribution is 6.33. The standard InChI is InChI=1S/C18H16Cl2FNO4/c1-18(2,26-13-6-3-11(19)4-7-13)17(24)25-10-16(23)22-15-8-5-12(21)9-14(15)20/h3-9H,10H2,1-2H3,(H,22,23). The summed E-state index contributed by atoms with van der Waals surface area (Å²) in [6, 6.07) is 9.99. The van der Waals surface area contributed by atoms with Gasteiger partial charge in [-0.1, -0.05) is 23.2 Å². The predicted octanol–water partition coefficient (Wildman–Crippen LogP) is 4.47. The summed E-state index contributed by atoms with van der Waals surface area (Å²) < 4.78 is 23.5. The molecule has 1 amide bonds. The van der Waals surface area contributed by atoms with Gasteiger partial charge in [-0.2, -0.15) is 0 Å². The van der Waals surface area contributed by atoms with Gasteiger partial charge in [0.15, 0.2) is 12.2 Å². The Morgan fingerprint density at radius 3 is 2.38 bits per heavy atom. The first-order valence-corrected chi connectivity index (χ1v) is 8.30. The van der Waals surface area contributed by atoms with Crippen LogP contribution in [0, 0.1) is 5.82 Å². The van der Waals surface area contributed by atoms with Gasteiger partial charge in [0, 0.05) is 5.02 Å². The number of ether oxygens (including phenoxy) is 2. The van der Waals surface area contributed by atoms with E-state index in [9.17, 15) is 14.0 Å². The smallest absolute Gasteiger partial charge is 0.350 e. The lowest BCUT2D eigenvalue weighted by molar-refractivity contribution is -0.161. The lowest BCUT2D eigenvalue weighted by atomic mass is 10.1. The van der Waals surface area contributed by atoms with Gasteiger partial charge in [0.2, 0.25) is 0 Å². The van der Waals surface area contributed by atoms with Gasteiger partial charge in [0.1, 0.15) is 11.6 Å². The van der Waals surface area contributed by atoms with Crippen molar-refractivity contribution < 1.29 is 23.5 Å². The first-order valence-electron chi connectivity index (χ1n) is 7.54. The average Bonchev–Trinajstić information content (AvgIpc) is 2.57. The molecule has 2 aromatic carbocycles. The number of nitrogens with one attached hydrogen (secondary N) is 1. The fourth-order valence-corrected chi connectivity index (χ4v) is 2.26. The minimum absolute atomic E-state index is 0.0380. The molecule has 26 heavy (non-hydrogen) atoms. The molecule has 0 unspecified atom stereocenters. The van der Waals surface area contributed by atoms with Crippen LogP contribution >= 0.6 is 23.2 Å². The highest BCUT2D eigenvalue weighted by atomic mass is 35.5. The SMILES string of the molecule is CC(C)(Oc1ccc(Cl)cc1)C(=O)OCC(=O)Nc1ccc(F)cc1Cl.